The molecule has 120 valence electrons. The third kappa shape index (κ3) is 2.37. The minimum absolute atomic E-state index is 0.313. The maximum Gasteiger partial charge on any atom is 0.0345 e. The summed E-state index contributed by atoms with van der Waals surface area (Å²) in [7, 11) is 0. The van der Waals surface area contributed by atoms with Crippen molar-refractivity contribution in [1.82, 2.24) is 0 Å². The smallest absolute Gasteiger partial charge is 0.0345 e. The van der Waals surface area contributed by atoms with Crippen molar-refractivity contribution < 1.29 is 0 Å². The number of rotatable bonds is 3. The van der Waals surface area contributed by atoms with Crippen LogP contribution < -0.4 is 0 Å². The Morgan fingerprint density at radius 2 is 1.00 bits per heavy atom. The zero-order chi connectivity index (χ0) is 16.6. The van der Waals surface area contributed by atoms with E-state index in [1.807, 2.05) is 0 Å². The molecule has 0 radical (unpaired) electrons. The van der Waals surface area contributed by atoms with Crippen LogP contribution in [0.3, 0.4) is 0 Å². The fraction of sp³-hybridized carbons (Fsp3) is 0.120. The van der Waals surface area contributed by atoms with Gasteiger partial charge in [0, 0.05) is 5.92 Å². The first-order valence-electron chi connectivity index (χ1n) is 9.03. The van der Waals surface area contributed by atoms with Crippen molar-refractivity contribution in [2.24, 2.45) is 0 Å². The molecule has 0 aromatic heterocycles. The van der Waals surface area contributed by atoms with Crippen molar-refractivity contribution >= 4 is 11.1 Å². The first kappa shape index (κ1) is 14.5. The molecule has 0 fully saturated rings. The van der Waals surface area contributed by atoms with Gasteiger partial charge in [-0.1, -0.05) is 91.0 Å². The molecule has 0 unspecified atom stereocenters. The van der Waals surface area contributed by atoms with Crippen molar-refractivity contribution in [1.29, 1.82) is 0 Å². The van der Waals surface area contributed by atoms with Crippen molar-refractivity contribution in [3.63, 3.8) is 0 Å². The molecule has 3 aromatic carbocycles. The van der Waals surface area contributed by atoms with Crippen molar-refractivity contribution in [2.75, 3.05) is 0 Å². The molecular weight excluding hydrogens is 300 g/mol. The summed E-state index contributed by atoms with van der Waals surface area (Å²) in [5.74, 6) is 0.313. The van der Waals surface area contributed by atoms with Gasteiger partial charge in [0.15, 0.2) is 0 Å². The highest BCUT2D eigenvalue weighted by atomic mass is 14.3. The van der Waals surface area contributed by atoms with E-state index < -0.39 is 0 Å². The quantitative estimate of drug-likeness (QED) is 0.551. The fourth-order valence-corrected chi connectivity index (χ4v) is 4.34. The van der Waals surface area contributed by atoms with Gasteiger partial charge in [0.25, 0.3) is 0 Å². The molecule has 3 aromatic rings. The van der Waals surface area contributed by atoms with Crippen LogP contribution in [0, 0.1) is 0 Å². The van der Waals surface area contributed by atoms with E-state index in [0.29, 0.717) is 5.92 Å². The predicted octanol–water partition coefficient (Wildman–Crippen LogP) is 6.05. The highest BCUT2D eigenvalue weighted by Gasteiger charge is 2.29. The van der Waals surface area contributed by atoms with Crippen LogP contribution in [-0.2, 0) is 12.8 Å². The van der Waals surface area contributed by atoms with Gasteiger partial charge < -0.3 is 0 Å². The number of hydrogen-bond acceptors (Lipinski definition) is 0. The number of hydrogen-bond donors (Lipinski definition) is 0. The first-order valence-corrected chi connectivity index (χ1v) is 9.03. The summed E-state index contributed by atoms with van der Waals surface area (Å²) in [6.45, 7) is 0. The molecule has 0 aliphatic heterocycles. The SMILES string of the molecule is C1=C(C(C2=CCc3ccccc32)c2ccccc2)c2ccccc2C1. The minimum Gasteiger partial charge on any atom is -0.0753 e. The Kier molecular flexibility index (Phi) is 3.41. The molecule has 2 aliphatic carbocycles. The Bertz CT molecular complexity index is 926. The van der Waals surface area contributed by atoms with E-state index in [9.17, 15) is 0 Å². The van der Waals surface area contributed by atoms with Crippen molar-refractivity contribution in [3.8, 4) is 0 Å². The van der Waals surface area contributed by atoms with E-state index in [2.05, 4.69) is 91.0 Å². The second kappa shape index (κ2) is 5.89. The van der Waals surface area contributed by atoms with Gasteiger partial charge in [-0.3, -0.25) is 0 Å². The summed E-state index contributed by atoms with van der Waals surface area (Å²) >= 11 is 0. The highest BCUT2D eigenvalue weighted by molar-refractivity contribution is 5.92. The van der Waals surface area contributed by atoms with E-state index in [1.165, 1.54) is 39.0 Å². The van der Waals surface area contributed by atoms with Crippen LogP contribution >= 0.6 is 0 Å². The largest absolute Gasteiger partial charge is 0.0753 e. The maximum atomic E-state index is 2.43. The number of benzene rings is 3. The van der Waals surface area contributed by atoms with Gasteiger partial charge in [-0.05, 0) is 51.8 Å². The number of fused-ring (bicyclic) bond motifs is 2. The van der Waals surface area contributed by atoms with Gasteiger partial charge in [-0.2, -0.15) is 0 Å². The zero-order valence-corrected chi connectivity index (χ0v) is 14.2. The van der Waals surface area contributed by atoms with Crippen LogP contribution in [0.2, 0.25) is 0 Å². The molecule has 0 heteroatoms. The Morgan fingerprint density at radius 1 is 0.520 bits per heavy atom. The van der Waals surface area contributed by atoms with Gasteiger partial charge in [-0.15, -0.1) is 0 Å². The lowest BCUT2D eigenvalue weighted by atomic mass is 9.80. The Labute approximate surface area is 149 Å². The molecule has 0 saturated carbocycles. The van der Waals surface area contributed by atoms with E-state index in [1.54, 1.807) is 0 Å². The van der Waals surface area contributed by atoms with E-state index >= 15 is 0 Å². The summed E-state index contributed by atoms with van der Waals surface area (Å²) in [4.78, 5) is 0. The van der Waals surface area contributed by atoms with Gasteiger partial charge in [-0.25, -0.2) is 0 Å². The standard InChI is InChI=1S/C25H20/c1-2-10-20(11-3-1)25(23-16-14-18-8-4-6-12-21(18)23)24-17-15-19-9-5-7-13-22(19)24/h1-13,16-17,25H,14-15H2. The second-order valence-electron chi connectivity index (χ2n) is 6.89. The Hall–Kier alpha value is -2.86. The van der Waals surface area contributed by atoms with Gasteiger partial charge in [0.1, 0.15) is 0 Å². The lowest BCUT2D eigenvalue weighted by Gasteiger charge is -2.23. The molecule has 0 spiro atoms. The molecule has 0 atom stereocenters. The molecule has 0 amide bonds. The zero-order valence-electron chi connectivity index (χ0n) is 14.2. The summed E-state index contributed by atoms with van der Waals surface area (Å²) < 4.78 is 0. The summed E-state index contributed by atoms with van der Waals surface area (Å²) in [6, 6.07) is 28.7. The van der Waals surface area contributed by atoms with E-state index in [4.69, 9.17) is 0 Å². The van der Waals surface area contributed by atoms with E-state index in [0.717, 1.165) is 12.8 Å². The molecule has 0 N–H and O–H groups in total. The molecule has 2 aliphatic rings. The normalized spacial score (nSPS) is 14.9. The molecule has 25 heavy (non-hydrogen) atoms. The fourth-order valence-electron chi connectivity index (χ4n) is 4.34. The van der Waals surface area contributed by atoms with Crippen LogP contribution in [0.5, 0.6) is 0 Å². The third-order valence-corrected chi connectivity index (χ3v) is 5.50. The first-order chi connectivity index (χ1) is 12.4. The van der Waals surface area contributed by atoms with Crippen LogP contribution in [-0.4, -0.2) is 0 Å². The van der Waals surface area contributed by atoms with Crippen LogP contribution in [0.4, 0.5) is 0 Å². The molecule has 0 bridgehead atoms. The van der Waals surface area contributed by atoms with E-state index in [-0.39, 0.29) is 0 Å². The summed E-state index contributed by atoms with van der Waals surface area (Å²) in [5, 5.41) is 0. The molecule has 0 heterocycles. The Balaban J connectivity index is 1.68. The monoisotopic (exact) mass is 320 g/mol. The van der Waals surface area contributed by atoms with Gasteiger partial charge >= 0.3 is 0 Å². The van der Waals surface area contributed by atoms with Gasteiger partial charge in [0.2, 0.25) is 0 Å². The number of allylic oxidation sites excluding steroid dienone is 4. The molecular formula is C25H20. The lowest BCUT2D eigenvalue weighted by molar-refractivity contribution is 1.13. The predicted molar refractivity (Wildman–Crippen MR) is 105 cm³/mol. The second-order valence-corrected chi connectivity index (χ2v) is 6.89. The minimum atomic E-state index is 0.313. The molecule has 0 nitrogen and oxygen atoms in total. The average molecular weight is 320 g/mol. The third-order valence-electron chi connectivity index (χ3n) is 5.50. The average Bonchev–Trinajstić information content (AvgIpc) is 3.29. The highest BCUT2D eigenvalue weighted by Crippen LogP contribution is 2.48. The maximum absolute atomic E-state index is 2.43. The van der Waals surface area contributed by atoms with Crippen LogP contribution in [0.15, 0.2) is 91.0 Å². The van der Waals surface area contributed by atoms with Gasteiger partial charge in [0.05, 0.1) is 0 Å². The molecule has 0 saturated heterocycles. The van der Waals surface area contributed by atoms with Crippen LogP contribution in [0.25, 0.3) is 11.1 Å². The summed E-state index contributed by atoms with van der Waals surface area (Å²) in [6.07, 6.45) is 6.96. The molecule has 5 rings (SSSR count). The summed E-state index contributed by atoms with van der Waals surface area (Å²) in [5.41, 5.74) is 10.0. The lowest BCUT2D eigenvalue weighted by Crippen LogP contribution is -2.04. The van der Waals surface area contributed by atoms with Crippen LogP contribution in [0.1, 0.15) is 33.7 Å². The van der Waals surface area contributed by atoms with Crippen molar-refractivity contribution in [2.45, 2.75) is 18.8 Å². The van der Waals surface area contributed by atoms with Crippen molar-refractivity contribution in [3.05, 3.63) is 119 Å². The topological polar surface area (TPSA) is 0 Å². The Morgan fingerprint density at radius 3 is 1.56 bits per heavy atom.